The summed E-state index contributed by atoms with van der Waals surface area (Å²) in [6, 6.07) is 2.36. The van der Waals surface area contributed by atoms with E-state index in [0.717, 1.165) is 12.8 Å². The molecular weight excluding hydrogens is 232 g/mol. The maximum atomic E-state index is 10.3. The van der Waals surface area contributed by atoms with Crippen LogP contribution in [0.5, 0.6) is 0 Å². The molecule has 0 saturated carbocycles. The average molecular weight is 258 g/mol. The molecular formula is C18H26O. The van der Waals surface area contributed by atoms with Crippen LogP contribution in [0.4, 0.5) is 0 Å². The number of aryl methyl sites for hydroxylation is 1. The number of aliphatic hydroxyl groups is 1. The molecule has 1 unspecified atom stereocenters. The summed E-state index contributed by atoms with van der Waals surface area (Å²) < 4.78 is 0. The van der Waals surface area contributed by atoms with Crippen molar-refractivity contribution in [1.82, 2.24) is 0 Å². The van der Waals surface area contributed by atoms with Gasteiger partial charge in [0.2, 0.25) is 0 Å². The monoisotopic (exact) mass is 258 g/mol. The van der Waals surface area contributed by atoms with Gasteiger partial charge in [0.1, 0.15) is 0 Å². The van der Waals surface area contributed by atoms with Crippen LogP contribution >= 0.6 is 0 Å². The highest BCUT2D eigenvalue weighted by atomic mass is 16.3. The van der Waals surface area contributed by atoms with E-state index in [0.29, 0.717) is 0 Å². The van der Waals surface area contributed by atoms with E-state index in [1.54, 1.807) is 5.56 Å². The van der Waals surface area contributed by atoms with Crippen molar-refractivity contribution < 1.29 is 5.11 Å². The van der Waals surface area contributed by atoms with Gasteiger partial charge in [0.25, 0.3) is 0 Å². The predicted octanol–water partition coefficient (Wildman–Crippen LogP) is 4.32. The zero-order valence-electron chi connectivity index (χ0n) is 12.9. The van der Waals surface area contributed by atoms with Crippen molar-refractivity contribution in [1.29, 1.82) is 0 Å². The Morgan fingerprint density at radius 2 is 1.74 bits per heavy atom. The molecule has 0 aliphatic heterocycles. The molecule has 1 aromatic rings. The van der Waals surface area contributed by atoms with Gasteiger partial charge in [0, 0.05) is 0 Å². The zero-order chi connectivity index (χ0) is 14.0. The summed E-state index contributed by atoms with van der Waals surface area (Å²) in [7, 11) is 0. The molecule has 0 aromatic heterocycles. The third-order valence-electron chi connectivity index (χ3n) is 5.46. The summed E-state index contributed by atoms with van der Waals surface area (Å²) in [4.78, 5) is 0. The number of hydrogen-bond donors (Lipinski definition) is 1. The van der Waals surface area contributed by atoms with Gasteiger partial charge in [-0.1, -0.05) is 33.8 Å². The Balaban J connectivity index is 2.35. The summed E-state index contributed by atoms with van der Waals surface area (Å²) in [6.07, 6.45) is 4.23. The molecule has 3 rings (SSSR count). The molecule has 1 heteroatoms. The Kier molecular flexibility index (Phi) is 2.67. The number of benzene rings is 1. The lowest BCUT2D eigenvalue weighted by atomic mass is 9.61. The Morgan fingerprint density at radius 3 is 2.42 bits per heavy atom. The van der Waals surface area contributed by atoms with Crippen molar-refractivity contribution in [3.8, 4) is 0 Å². The predicted molar refractivity (Wildman–Crippen MR) is 79.7 cm³/mol. The molecule has 0 spiro atoms. The van der Waals surface area contributed by atoms with Gasteiger partial charge in [0.05, 0.1) is 6.10 Å². The van der Waals surface area contributed by atoms with E-state index in [9.17, 15) is 5.11 Å². The van der Waals surface area contributed by atoms with E-state index in [1.165, 1.54) is 35.1 Å². The lowest BCUT2D eigenvalue weighted by molar-refractivity contribution is 0.179. The first kappa shape index (κ1) is 13.2. The first-order chi connectivity index (χ1) is 8.74. The van der Waals surface area contributed by atoms with E-state index in [-0.39, 0.29) is 16.9 Å². The first-order valence-electron chi connectivity index (χ1n) is 7.59. The van der Waals surface area contributed by atoms with Crippen LogP contribution in [-0.4, -0.2) is 5.11 Å². The Morgan fingerprint density at radius 1 is 1.11 bits per heavy atom. The van der Waals surface area contributed by atoms with Gasteiger partial charge in [-0.3, -0.25) is 0 Å². The van der Waals surface area contributed by atoms with Crippen molar-refractivity contribution in [2.75, 3.05) is 0 Å². The standard InChI is InChI=1S/C18H26O/c1-11-10-13-16(12-6-7-14(19)15(11)12)18(4,5)9-8-17(13,2)3/h10,14,19H,6-9H2,1-5H3. The Bertz CT molecular complexity index is 537. The van der Waals surface area contributed by atoms with E-state index in [2.05, 4.69) is 40.7 Å². The van der Waals surface area contributed by atoms with Crippen molar-refractivity contribution in [3.63, 3.8) is 0 Å². The molecule has 2 aliphatic carbocycles. The van der Waals surface area contributed by atoms with Gasteiger partial charge in [-0.15, -0.1) is 0 Å². The van der Waals surface area contributed by atoms with Crippen molar-refractivity contribution in [2.24, 2.45) is 0 Å². The second-order valence-electron chi connectivity index (χ2n) is 7.83. The van der Waals surface area contributed by atoms with Gasteiger partial charge in [-0.05, 0) is 71.3 Å². The Hall–Kier alpha value is -0.820. The fourth-order valence-corrected chi connectivity index (χ4v) is 4.24. The highest BCUT2D eigenvalue weighted by Crippen LogP contribution is 2.51. The lowest BCUT2D eigenvalue weighted by Gasteiger charge is -2.43. The van der Waals surface area contributed by atoms with Gasteiger partial charge in [0.15, 0.2) is 0 Å². The third-order valence-corrected chi connectivity index (χ3v) is 5.46. The molecule has 1 nitrogen and oxygen atoms in total. The number of aliphatic hydroxyl groups excluding tert-OH is 1. The molecule has 19 heavy (non-hydrogen) atoms. The minimum absolute atomic E-state index is 0.235. The molecule has 0 amide bonds. The van der Waals surface area contributed by atoms with Crippen LogP contribution in [0.25, 0.3) is 0 Å². The van der Waals surface area contributed by atoms with Gasteiger partial charge in [-0.25, -0.2) is 0 Å². The molecule has 0 saturated heterocycles. The molecule has 0 radical (unpaired) electrons. The van der Waals surface area contributed by atoms with Crippen LogP contribution in [0, 0.1) is 6.92 Å². The van der Waals surface area contributed by atoms with Gasteiger partial charge >= 0.3 is 0 Å². The third kappa shape index (κ3) is 1.78. The molecule has 0 bridgehead atoms. The molecule has 1 atom stereocenters. The molecule has 0 fully saturated rings. The summed E-state index contributed by atoms with van der Waals surface area (Å²) in [6.45, 7) is 11.7. The summed E-state index contributed by atoms with van der Waals surface area (Å²) in [5.74, 6) is 0. The molecule has 2 aliphatic rings. The minimum atomic E-state index is -0.235. The van der Waals surface area contributed by atoms with Crippen molar-refractivity contribution >= 4 is 0 Å². The number of rotatable bonds is 0. The maximum Gasteiger partial charge on any atom is 0.0798 e. The molecule has 0 heterocycles. The summed E-state index contributed by atoms with van der Waals surface area (Å²) in [5, 5.41) is 10.3. The highest BCUT2D eigenvalue weighted by molar-refractivity contribution is 5.55. The van der Waals surface area contributed by atoms with Crippen molar-refractivity contribution in [2.45, 2.75) is 77.2 Å². The largest absolute Gasteiger partial charge is 0.388 e. The van der Waals surface area contributed by atoms with E-state index >= 15 is 0 Å². The first-order valence-corrected chi connectivity index (χ1v) is 7.59. The summed E-state index contributed by atoms with van der Waals surface area (Å²) in [5.41, 5.74) is 7.63. The normalized spacial score (nSPS) is 26.9. The highest BCUT2D eigenvalue weighted by Gasteiger charge is 2.41. The number of hydrogen-bond acceptors (Lipinski definition) is 1. The topological polar surface area (TPSA) is 20.2 Å². The van der Waals surface area contributed by atoms with Crippen LogP contribution in [0.15, 0.2) is 6.07 Å². The van der Waals surface area contributed by atoms with Crippen LogP contribution in [-0.2, 0) is 17.3 Å². The zero-order valence-corrected chi connectivity index (χ0v) is 12.9. The lowest BCUT2D eigenvalue weighted by Crippen LogP contribution is -2.35. The van der Waals surface area contributed by atoms with Crippen LogP contribution in [0.1, 0.15) is 80.9 Å². The number of fused-ring (bicyclic) bond motifs is 3. The smallest absolute Gasteiger partial charge is 0.0798 e. The van der Waals surface area contributed by atoms with E-state index in [4.69, 9.17) is 0 Å². The quantitative estimate of drug-likeness (QED) is 0.734. The van der Waals surface area contributed by atoms with Gasteiger partial charge in [-0.2, -0.15) is 0 Å². The average Bonchev–Trinajstić information content (AvgIpc) is 2.68. The SMILES string of the molecule is Cc1cc2c(c3c1C(O)CC3)C(C)(C)CCC2(C)C. The molecule has 1 aromatic carbocycles. The maximum absolute atomic E-state index is 10.3. The minimum Gasteiger partial charge on any atom is -0.388 e. The fourth-order valence-electron chi connectivity index (χ4n) is 4.24. The van der Waals surface area contributed by atoms with Crippen molar-refractivity contribution in [3.05, 3.63) is 33.9 Å². The van der Waals surface area contributed by atoms with Crippen LogP contribution < -0.4 is 0 Å². The summed E-state index contributed by atoms with van der Waals surface area (Å²) >= 11 is 0. The second-order valence-corrected chi connectivity index (χ2v) is 7.83. The fraction of sp³-hybridized carbons (Fsp3) is 0.667. The van der Waals surface area contributed by atoms with Crippen LogP contribution in [0.2, 0.25) is 0 Å². The Labute approximate surface area is 117 Å². The second kappa shape index (κ2) is 3.85. The molecule has 1 N–H and O–H groups in total. The van der Waals surface area contributed by atoms with Gasteiger partial charge < -0.3 is 5.11 Å². The molecule has 104 valence electrons. The van der Waals surface area contributed by atoms with E-state index in [1.807, 2.05) is 0 Å². The van der Waals surface area contributed by atoms with E-state index < -0.39 is 0 Å². The van der Waals surface area contributed by atoms with Crippen LogP contribution in [0.3, 0.4) is 0 Å².